The second-order valence-electron chi connectivity index (χ2n) is 6.18. The molecule has 5 nitrogen and oxygen atoms in total. The zero-order valence-electron chi connectivity index (χ0n) is 13.6. The Bertz CT molecular complexity index is 1000. The summed E-state index contributed by atoms with van der Waals surface area (Å²) >= 11 is 9.23. The van der Waals surface area contributed by atoms with E-state index < -0.39 is 12.1 Å². The van der Waals surface area contributed by atoms with Gasteiger partial charge < -0.3 is 9.47 Å². The molecule has 0 unspecified atom stereocenters. The first kappa shape index (κ1) is 18.4. The molecule has 2 aromatic heterocycles. The predicted octanol–water partition coefficient (Wildman–Crippen LogP) is 5.50. The second kappa shape index (κ2) is 6.87. The van der Waals surface area contributed by atoms with Gasteiger partial charge in [-0.05, 0) is 64.0 Å². The van der Waals surface area contributed by atoms with E-state index in [9.17, 15) is 13.2 Å². The van der Waals surface area contributed by atoms with Crippen molar-refractivity contribution in [2.24, 2.45) is 0 Å². The Balaban J connectivity index is 1.59. The summed E-state index contributed by atoms with van der Waals surface area (Å²) in [5.41, 5.74) is 2.66. The first-order chi connectivity index (χ1) is 12.8. The lowest BCUT2D eigenvalue weighted by Gasteiger charge is -2.14. The fourth-order valence-corrected chi connectivity index (χ4v) is 3.40. The lowest BCUT2D eigenvalue weighted by atomic mass is 10.1. The highest BCUT2D eigenvalue weighted by Gasteiger charge is 2.31. The minimum atomic E-state index is -4.80. The van der Waals surface area contributed by atoms with E-state index in [1.807, 2.05) is 16.7 Å². The number of nitrogens with zero attached hydrogens (tertiary/aromatic N) is 3. The topological polar surface area (TPSA) is 48.7 Å². The molecule has 0 saturated heterocycles. The number of benzene rings is 1. The monoisotopic (exact) mass is 461 g/mol. The predicted molar refractivity (Wildman–Crippen MR) is 95.1 cm³/mol. The molecule has 10 heteroatoms. The van der Waals surface area contributed by atoms with Crippen LogP contribution in [0.2, 0.25) is 5.02 Å². The van der Waals surface area contributed by atoms with E-state index in [1.54, 1.807) is 0 Å². The van der Waals surface area contributed by atoms with Gasteiger partial charge in [-0.2, -0.15) is 0 Å². The van der Waals surface area contributed by atoms with E-state index in [0.29, 0.717) is 16.3 Å². The van der Waals surface area contributed by atoms with Crippen LogP contribution in [0, 0.1) is 0 Å². The molecule has 1 aromatic carbocycles. The number of pyridine rings is 1. The molecule has 142 valence electrons. The third kappa shape index (κ3) is 4.30. The SMILES string of the molecule is FC(F)(F)Oc1cc(Cl)cc(OCc2cc3nnc(Br)n3cc2C2CC2)c1. The van der Waals surface area contributed by atoms with Gasteiger partial charge in [0.05, 0.1) is 0 Å². The van der Waals surface area contributed by atoms with Crippen LogP contribution in [0.3, 0.4) is 0 Å². The number of hydrogen-bond donors (Lipinski definition) is 0. The average molecular weight is 463 g/mol. The van der Waals surface area contributed by atoms with Crippen LogP contribution < -0.4 is 9.47 Å². The van der Waals surface area contributed by atoms with E-state index in [2.05, 4.69) is 30.9 Å². The summed E-state index contributed by atoms with van der Waals surface area (Å²) in [6.45, 7) is 0.165. The third-order valence-corrected chi connectivity index (χ3v) is 4.87. The van der Waals surface area contributed by atoms with Crippen molar-refractivity contribution < 1.29 is 22.6 Å². The van der Waals surface area contributed by atoms with Crippen LogP contribution in [0.15, 0.2) is 35.2 Å². The number of alkyl halides is 3. The van der Waals surface area contributed by atoms with Crippen LogP contribution in [0.4, 0.5) is 13.2 Å². The number of hydrogen-bond acceptors (Lipinski definition) is 4. The molecule has 4 rings (SSSR count). The highest BCUT2D eigenvalue weighted by atomic mass is 79.9. The Morgan fingerprint density at radius 1 is 1.15 bits per heavy atom. The highest BCUT2D eigenvalue weighted by Crippen LogP contribution is 2.42. The fourth-order valence-electron chi connectivity index (χ4n) is 2.82. The molecule has 27 heavy (non-hydrogen) atoms. The van der Waals surface area contributed by atoms with E-state index in [4.69, 9.17) is 16.3 Å². The minimum Gasteiger partial charge on any atom is -0.489 e. The van der Waals surface area contributed by atoms with Crippen LogP contribution in [0.1, 0.15) is 29.9 Å². The molecule has 0 aliphatic heterocycles. The van der Waals surface area contributed by atoms with Crippen molar-refractivity contribution in [3.05, 3.63) is 51.3 Å². The van der Waals surface area contributed by atoms with Gasteiger partial charge in [-0.15, -0.1) is 23.4 Å². The molecule has 0 radical (unpaired) electrons. The van der Waals surface area contributed by atoms with Gasteiger partial charge in [0.15, 0.2) is 5.65 Å². The molecule has 1 aliphatic carbocycles. The standard InChI is InChI=1S/C17H12BrClF3N3O2/c18-16-24-23-15-3-10(14(7-25(15)16)9-1-2-9)8-26-12-4-11(19)5-13(6-12)27-17(20,21)22/h3-7,9H,1-2,8H2. The maximum absolute atomic E-state index is 12.4. The fraction of sp³-hybridized carbons (Fsp3) is 0.294. The molecule has 1 saturated carbocycles. The van der Waals surface area contributed by atoms with Crippen molar-refractivity contribution in [3.63, 3.8) is 0 Å². The molecular formula is C17H12BrClF3N3O2. The second-order valence-corrected chi connectivity index (χ2v) is 7.33. The van der Waals surface area contributed by atoms with Gasteiger partial charge >= 0.3 is 6.36 Å². The average Bonchev–Trinajstić information content (AvgIpc) is 3.35. The van der Waals surface area contributed by atoms with Crippen molar-refractivity contribution in [3.8, 4) is 11.5 Å². The van der Waals surface area contributed by atoms with Crippen molar-refractivity contribution in [1.29, 1.82) is 0 Å². The van der Waals surface area contributed by atoms with Gasteiger partial charge in [0.25, 0.3) is 0 Å². The lowest BCUT2D eigenvalue weighted by molar-refractivity contribution is -0.274. The zero-order chi connectivity index (χ0) is 19.2. The maximum atomic E-state index is 12.4. The van der Waals surface area contributed by atoms with E-state index in [0.717, 1.165) is 36.1 Å². The van der Waals surface area contributed by atoms with Crippen molar-refractivity contribution in [2.75, 3.05) is 0 Å². The van der Waals surface area contributed by atoms with Crippen molar-refractivity contribution >= 4 is 33.2 Å². The molecular weight excluding hydrogens is 451 g/mol. The number of halogens is 5. The van der Waals surface area contributed by atoms with Crippen LogP contribution in [-0.4, -0.2) is 21.0 Å². The van der Waals surface area contributed by atoms with Gasteiger partial charge in [0.2, 0.25) is 4.73 Å². The van der Waals surface area contributed by atoms with E-state index in [-0.39, 0.29) is 17.4 Å². The van der Waals surface area contributed by atoms with Crippen LogP contribution >= 0.6 is 27.5 Å². The van der Waals surface area contributed by atoms with Crippen molar-refractivity contribution in [2.45, 2.75) is 31.7 Å². The van der Waals surface area contributed by atoms with Crippen LogP contribution in [-0.2, 0) is 6.61 Å². The molecule has 3 aromatic rings. The first-order valence-electron chi connectivity index (χ1n) is 8.01. The van der Waals surface area contributed by atoms with Gasteiger partial charge in [-0.1, -0.05) is 11.6 Å². The lowest BCUT2D eigenvalue weighted by Crippen LogP contribution is -2.17. The Morgan fingerprint density at radius 2 is 1.89 bits per heavy atom. The van der Waals surface area contributed by atoms with Gasteiger partial charge in [-0.3, -0.25) is 4.40 Å². The van der Waals surface area contributed by atoms with Gasteiger partial charge in [-0.25, -0.2) is 0 Å². The summed E-state index contributed by atoms with van der Waals surface area (Å²) in [5.74, 6) is 0.195. The van der Waals surface area contributed by atoms with Gasteiger partial charge in [0, 0.05) is 17.3 Å². The number of rotatable bonds is 5. The molecule has 1 fully saturated rings. The minimum absolute atomic E-state index is 0.0889. The molecule has 0 N–H and O–H groups in total. The van der Waals surface area contributed by atoms with Crippen LogP contribution in [0.5, 0.6) is 11.5 Å². The Kier molecular flexibility index (Phi) is 4.67. The van der Waals surface area contributed by atoms with E-state index in [1.165, 1.54) is 6.07 Å². The summed E-state index contributed by atoms with van der Waals surface area (Å²) in [6.07, 6.45) is -0.670. The number of ether oxygens (including phenoxy) is 2. The third-order valence-electron chi connectivity index (χ3n) is 4.11. The number of aromatic nitrogens is 3. The quantitative estimate of drug-likeness (QED) is 0.502. The first-order valence-corrected chi connectivity index (χ1v) is 9.18. The smallest absolute Gasteiger partial charge is 0.489 e. The molecule has 0 bridgehead atoms. The summed E-state index contributed by atoms with van der Waals surface area (Å²) in [4.78, 5) is 0. The molecule has 0 spiro atoms. The molecule has 0 atom stereocenters. The van der Waals surface area contributed by atoms with Gasteiger partial charge in [0.1, 0.15) is 18.1 Å². The van der Waals surface area contributed by atoms with Crippen LogP contribution in [0.25, 0.3) is 5.65 Å². The van der Waals surface area contributed by atoms with E-state index >= 15 is 0 Å². The Morgan fingerprint density at radius 3 is 2.59 bits per heavy atom. The summed E-state index contributed by atoms with van der Waals surface area (Å²) in [7, 11) is 0. The molecule has 0 amide bonds. The maximum Gasteiger partial charge on any atom is 0.573 e. The summed E-state index contributed by atoms with van der Waals surface area (Å²) < 4.78 is 49.4. The Hall–Kier alpha value is -2.00. The summed E-state index contributed by atoms with van der Waals surface area (Å²) in [5, 5.41) is 8.14. The Labute approximate surface area is 165 Å². The van der Waals surface area contributed by atoms with Crippen molar-refractivity contribution in [1.82, 2.24) is 14.6 Å². The normalized spacial score (nSPS) is 14.6. The zero-order valence-corrected chi connectivity index (χ0v) is 16.0. The highest BCUT2D eigenvalue weighted by molar-refractivity contribution is 9.10. The largest absolute Gasteiger partial charge is 0.573 e. The number of fused-ring (bicyclic) bond motifs is 1. The molecule has 1 aliphatic rings. The molecule has 2 heterocycles. The summed E-state index contributed by atoms with van der Waals surface area (Å²) in [6, 6.07) is 5.54.